The Morgan fingerprint density at radius 1 is 1.25 bits per heavy atom. The molecule has 7 nitrogen and oxygen atoms in total. The number of aryl methyl sites for hydroxylation is 1. The number of amides is 3. The van der Waals surface area contributed by atoms with Crippen LogP contribution in [0.15, 0.2) is 30.0 Å². The van der Waals surface area contributed by atoms with Crippen LogP contribution in [0.1, 0.15) is 18.4 Å². The third kappa shape index (κ3) is 2.90. The number of rotatable bonds is 5. The van der Waals surface area contributed by atoms with Crippen LogP contribution in [0.25, 0.3) is 0 Å². The quantitative estimate of drug-likeness (QED) is 0.779. The van der Waals surface area contributed by atoms with Gasteiger partial charge in [-0.3, -0.25) is 19.3 Å². The van der Waals surface area contributed by atoms with Crippen molar-refractivity contribution in [2.75, 3.05) is 29.9 Å². The molecule has 0 atom stereocenters. The maximum Gasteiger partial charge on any atom is 0.277 e. The minimum absolute atomic E-state index is 0.0271. The van der Waals surface area contributed by atoms with E-state index in [0.717, 1.165) is 22.6 Å². The molecular weight excluding hydrogens is 310 g/mol. The van der Waals surface area contributed by atoms with E-state index in [9.17, 15) is 14.4 Å². The minimum atomic E-state index is -0.462. The summed E-state index contributed by atoms with van der Waals surface area (Å²) in [7, 11) is 0. The van der Waals surface area contributed by atoms with E-state index in [2.05, 4.69) is 5.32 Å². The molecule has 0 unspecified atom stereocenters. The second-order valence-electron chi connectivity index (χ2n) is 5.85. The molecule has 0 spiro atoms. The lowest BCUT2D eigenvalue weighted by atomic mass is 10.1. The van der Waals surface area contributed by atoms with Gasteiger partial charge in [-0.05, 0) is 31.0 Å². The Labute approximate surface area is 139 Å². The predicted molar refractivity (Wildman–Crippen MR) is 88.3 cm³/mol. The van der Waals surface area contributed by atoms with Gasteiger partial charge in [-0.1, -0.05) is 6.07 Å². The molecule has 1 aromatic carbocycles. The van der Waals surface area contributed by atoms with Crippen molar-refractivity contribution >= 4 is 29.1 Å². The van der Waals surface area contributed by atoms with Crippen LogP contribution < -0.4 is 10.2 Å². The number of hydrogen-bond acceptors (Lipinski definition) is 5. The fourth-order valence-corrected chi connectivity index (χ4v) is 2.89. The van der Waals surface area contributed by atoms with Crippen molar-refractivity contribution in [2.24, 2.45) is 0 Å². The normalized spacial score (nSPS) is 17.8. The van der Waals surface area contributed by atoms with E-state index < -0.39 is 11.8 Å². The van der Waals surface area contributed by atoms with Crippen LogP contribution in [-0.4, -0.2) is 47.4 Å². The largest absolute Gasteiger partial charge is 0.395 e. The van der Waals surface area contributed by atoms with Crippen LogP contribution in [0.2, 0.25) is 0 Å². The van der Waals surface area contributed by atoms with Gasteiger partial charge in [0.25, 0.3) is 11.8 Å². The molecule has 0 saturated carbocycles. The van der Waals surface area contributed by atoms with Crippen LogP contribution in [0.5, 0.6) is 0 Å². The zero-order valence-electron chi connectivity index (χ0n) is 13.4. The van der Waals surface area contributed by atoms with Gasteiger partial charge in [0.15, 0.2) is 0 Å². The highest BCUT2D eigenvalue weighted by Crippen LogP contribution is 2.28. The Hall–Kier alpha value is -2.67. The number of carbonyl (C=O) groups excluding carboxylic acids is 3. The number of anilines is 2. The standard InChI is InChI=1S/C17H19N3O4/c1-11-4-5-12(19-6-2-3-15(19)22)9-13(11)18-14-10-16(23)20(7-8-21)17(14)24/h4-5,9-10,18,21H,2-3,6-8H2,1H3. The first-order valence-electron chi connectivity index (χ1n) is 7.87. The van der Waals surface area contributed by atoms with Gasteiger partial charge < -0.3 is 15.3 Å². The maximum absolute atomic E-state index is 12.2. The molecule has 0 aromatic heterocycles. The van der Waals surface area contributed by atoms with Gasteiger partial charge in [-0.2, -0.15) is 0 Å². The number of β-amino-alcohol motifs (C(OH)–C–C–N with tert-alkyl or cyclic N) is 1. The molecule has 2 N–H and O–H groups in total. The van der Waals surface area contributed by atoms with Gasteiger partial charge in [-0.25, -0.2) is 0 Å². The average molecular weight is 329 g/mol. The van der Waals surface area contributed by atoms with Gasteiger partial charge in [0.1, 0.15) is 5.70 Å². The van der Waals surface area contributed by atoms with E-state index >= 15 is 0 Å². The first-order valence-corrected chi connectivity index (χ1v) is 7.87. The molecule has 2 aliphatic heterocycles. The summed E-state index contributed by atoms with van der Waals surface area (Å²) in [6, 6.07) is 5.56. The molecule has 3 rings (SSSR count). The smallest absolute Gasteiger partial charge is 0.277 e. The van der Waals surface area contributed by atoms with E-state index in [0.29, 0.717) is 18.7 Å². The molecule has 126 valence electrons. The maximum atomic E-state index is 12.2. The number of nitrogens with one attached hydrogen (secondary N) is 1. The summed E-state index contributed by atoms with van der Waals surface area (Å²) in [5.74, 6) is -0.818. The van der Waals surface area contributed by atoms with Crippen molar-refractivity contribution in [3.63, 3.8) is 0 Å². The SMILES string of the molecule is Cc1ccc(N2CCCC2=O)cc1NC1=CC(=O)N(CCO)C1=O. The Bertz CT molecular complexity index is 741. The number of imide groups is 1. The molecule has 2 heterocycles. The van der Waals surface area contributed by atoms with Gasteiger partial charge in [0.2, 0.25) is 5.91 Å². The van der Waals surface area contributed by atoms with Crippen molar-refractivity contribution in [3.05, 3.63) is 35.5 Å². The number of benzene rings is 1. The Balaban J connectivity index is 1.83. The van der Waals surface area contributed by atoms with Crippen molar-refractivity contribution in [2.45, 2.75) is 19.8 Å². The molecule has 1 aromatic rings. The van der Waals surface area contributed by atoms with Crippen LogP contribution in [0.4, 0.5) is 11.4 Å². The summed E-state index contributed by atoms with van der Waals surface area (Å²) < 4.78 is 0. The van der Waals surface area contributed by atoms with Crippen LogP contribution in [0.3, 0.4) is 0 Å². The molecule has 0 radical (unpaired) electrons. The lowest BCUT2D eigenvalue weighted by molar-refractivity contribution is -0.137. The molecule has 0 bridgehead atoms. The topological polar surface area (TPSA) is 90.0 Å². The highest BCUT2D eigenvalue weighted by atomic mass is 16.3. The van der Waals surface area contributed by atoms with E-state index in [-0.39, 0.29) is 24.8 Å². The average Bonchev–Trinajstić information content (AvgIpc) is 3.09. The molecule has 0 aliphatic carbocycles. The van der Waals surface area contributed by atoms with Gasteiger partial charge in [-0.15, -0.1) is 0 Å². The predicted octanol–water partition coefficient (Wildman–Crippen LogP) is 0.779. The van der Waals surface area contributed by atoms with Crippen molar-refractivity contribution in [1.29, 1.82) is 0 Å². The highest BCUT2D eigenvalue weighted by Gasteiger charge is 2.31. The lowest BCUT2D eigenvalue weighted by Crippen LogP contribution is -2.34. The van der Waals surface area contributed by atoms with Gasteiger partial charge in [0.05, 0.1) is 13.2 Å². The number of hydrogen-bond donors (Lipinski definition) is 2. The molecular formula is C17H19N3O4. The fraction of sp³-hybridized carbons (Fsp3) is 0.353. The molecule has 7 heteroatoms. The Morgan fingerprint density at radius 2 is 2.04 bits per heavy atom. The number of nitrogens with zero attached hydrogens (tertiary/aromatic N) is 2. The van der Waals surface area contributed by atoms with Crippen molar-refractivity contribution in [3.8, 4) is 0 Å². The summed E-state index contributed by atoms with van der Waals surface area (Å²) in [6.07, 6.45) is 2.61. The molecule has 1 fully saturated rings. The van der Waals surface area contributed by atoms with Crippen molar-refractivity contribution < 1.29 is 19.5 Å². The summed E-state index contributed by atoms with van der Waals surface area (Å²) >= 11 is 0. The first kappa shape index (κ1) is 16.2. The summed E-state index contributed by atoms with van der Waals surface area (Å²) in [5.41, 5.74) is 2.51. The van der Waals surface area contributed by atoms with Crippen LogP contribution in [0, 0.1) is 6.92 Å². The Morgan fingerprint density at radius 3 is 2.71 bits per heavy atom. The third-order valence-electron chi connectivity index (χ3n) is 4.21. The van der Waals surface area contributed by atoms with Gasteiger partial charge >= 0.3 is 0 Å². The zero-order valence-corrected chi connectivity index (χ0v) is 13.4. The molecule has 1 saturated heterocycles. The van der Waals surface area contributed by atoms with Crippen LogP contribution >= 0.6 is 0 Å². The second-order valence-corrected chi connectivity index (χ2v) is 5.85. The minimum Gasteiger partial charge on any atom is -0.395 e. The summed E-state index contributed by atoms with van der Waals surface area (Å²) in [5, 5.41) is 11.9. The summed E-state index contributed by atoms with van der Waals surface area (Å²) in [4.78, 5) is 38.6. The second kappa shape index (κ2) is 6.45. The lowest BCUT2D eigenvalue weighted by Gasteiger charge is -2.19. The van der Waals surface area contributed by atoms with E-state index in [1.54, 1.807) is 4.90 Å². The van der Waals surface area contributed by atoms with Gasteiger partial charge in [0, 0.05) is 30.4 Å². The first-order chi connectivity index (χ1) is 11.5. The van der Waals surface area contributed by atoms with Crippen LogP contribution in [-0.2, 0) is 14.4 Å². The molecule has 3 amide bonds. The monoisotopic (exact) mass is 329 g/mol. The number of aliphatic hydroxyl groups is 1. The number of carbonyl (C=O) groups is 3. The van der Waals surface area contributed by atoms with Crippen molar-refractivity contribution in [1.82, 2.24) is 4.90 Å². The Kier molecular flexibility index (Phi) is 4.35. The third-order valence-corrected chi connectivity index (χ3v) is 4.21. The number of aliphatic hydroxyl groups excluding tert-OH is 1. The van der Waals surface area contributed by atoms with E-state index in [4.69, 9.17) is 5.11 Å². The summed E-state index contributed by atoms with van der Waals surface area (Å²) in [6.45, 7) is 2.27. The fourth-order valence-electron chi connectivity index (χ4n) is 2.89. The highest BCUT2D eigenvalue weighted by molar-refractivity contribution is 6.17. The van der Waals surface area contributed by atoms with E-state index in [1.807, 2.05) is 25.1 Å². The zero-order chi connectivity index (χ0) is 17.3. The molecule has 2 aliphatic rings. The van der Waals surface area contributed by atoms with E-state index in [1.165, 1.54) is 6.08 Å². The molecule has 24 heavy (non-hydrogen) atoms.